The van der Waals surface area contributed by atoms with Crippen molar-refractivity contribution in [2.45, 2.75) is 12.8 Å². The van der Waals surface area contributed by atoms with Crippen LogP contribution in [0.15, 0.2) is 16.6 Å². The number of carbonyl (C=O) groups is 1. The fraction of sp³-hybridized carbons (Fsp3) is 0.200. The number of rotatable bonds is 3. The first-order valence-electron chi connectivity index (χ1n) is 4.18. The lowest BCUT2D eigenvalue weighted by Gasteiger charge is -2.09. The van der Waals surface area contributed by atoms with Crippen molar-refractivity contribution in [3.8, 4) is 6.07 Å². The highest BCUT2D eigenvalue weighted by atomic mass is 79.9. The molecule has 0 bridgehead atoms. The fourth-order valence-corrected chi connectivity index (χ4v) is 1.87. The summed E-state index contributed by atoms with van der Waals surface area (Å²) in [5.41, 5.74) is -0.355. The Morgan fingerprint density at radius 2 is 2.19 bits per heavy atom. The van der Waals surface area contributed by atoms with Gasteiger partial charge >= 0.3 is 5.97 Å². The fourth-order valence-electron chi connectivity index (χ4n) is 1.25. The second kappa shape index (κ2) is 5.03. The van der Waals surface area contributed by atoms with Gasteiger partial charge in [0.25, 0.3) is 6.43 Å². The van der Waals surface area contributed by atoms with Crippen LogP contribution in [-0.2, 0) is 11.2 Å². The van der Waals surface area contributed by atoms with Crippen molar-refractivity contribution in [2.24, 2.45) is 0 Å². The molecule has 0 saturated heterocycles. The Morgan fingerprint density at radius 3 is 2.62 bits per heavy atom. The Balaban J connectivity index is 3.35. The van der Waals surface area contributed by atoms with E-state index in [4.69, 9.17) is 10.4 Å². The Bertz CT molecular complexity index is 469. The molecule has 1 rings (SSSR count). The first-order chi connectivity index (χ1) is 7.45. The molecule has 0 unspecified atom stereocenters. The number of halogens is 3. The van der Waals surface area contributed by atoms with E-state index in [1.165, 1.54) is 6.07 Å². The molecule has 0 radical (unpaired) electrons. The number of aliphatic carboxylic acids is 1. The van der Waals surface area contributed by atoms with Crippen LogP contribution >= 0.6 is 15.9 Å². The SMILES string of the molecule is N#Cc1cc(Br)c(CC(=O)O)c(C(F)F)c1. The van der Waals surface area contributed by atoms with Crippen molar-refractivity contribution >= 4 is 21.9 Å². The molecule has 0 aromatic heterocycles. The van der Waals surface area contributed by atoms with Gasteiger partial charge in [-0.3, -0.25) is 4.79 Å². The summed E-state index contributed by atoms with van der Waals surface area (Å²) in [5.74, 6) is -1.20. The van der Waals surface area contributed by atoms with E-state index in [1.54, 1.807) is 6.07 Å². The molecule has 0 aliphatic heterocycles. The van der Waals surface area contributed by atoms with Gasteiger partial charge < -0.3 is 5.11 Å². The number of benzene rings is 1. The topological polar surface area (TPSA) is 61.1 Å². The van der Waals surface area contributed by atoms with Crippen molar-refractivity contribution in [1.82, 2.24) is 0 Å². The van der Waals surface area contributed by atoms with Crippen LogP contribution in [0.3, 0.4) is 0 Å². The van der Waals surface area contributed by atoms with Crippen molar-refractivity contribution < 1.29 is 18.7 Å². The average Bonchev–Trinajstić information content (AvgIpc) is 2.19. The molecular formula is C10H6BrF2NO2. The molecule has 0 saturated carbocycles. The second-order valence-electron chi connectivity index (χ2n) is 3.01. The van der Waals surface area contributed by atoms with Crippen molar-refractivity contribution in [2.75, 3.05) is 0 Å². The minimum absolute atomic E-state index is 0.00139. The summed E-state index contributed by atoms with van der Waals surface area (Å²) >= 11 is 2.99. The average molecular weight is 290 g/mol. The third-order valence-corrected chi connectivity index (χ3v) is 2.63. The summed E-state index contributed by atoms with van der Waals surface area (Å²) in [6.45, 7) is 0. The molecule has 1 aromatic rings. The van der Waals surface area contributed by atoms with Crippen LogP contribution in [0, 0.1) is 11.3 Å². The zero-order valence-electron chi connectivity index (χ0n) is 7.88. The lowest BCUT2D eigenvalue weighted by atomic mass is 10.0. The van der Waals surface area contributed by atoms with Gasteiger partial charge in [-0.05, 0) is 17.7 Å². The van der Waals surface area contributed by atoms with Crippen molar-refractivity contribution in [3.05, 3.63) is 33.3 Å². The lowest BCUT2D eigenvalue weighted by Crippen LogP contribution is -2.05. The Hall–Kier alpha value is -1.48. The van der Waals surface area contributed by atoms with E-state index in [0.717, 1.165) is 6.07 Å². The molecule has 1 aromatic carbocycles. The third-order valence-electron chi connectivity index (χ3n) is 1.92. The van der Waals surface area contributed by atoms with Crippen LogP contribution in [0.5, 0.6) is 0 Å². The zero-order valence-corrected chi connectivity index (χ0v) is 9.46. The predicted octanol–water partition coefficient (Wildman–Crippen LogP) is 2.89. The standard InChI is InChI=1S/C10H6BrF2NO2/c11-8-2-5(4-14)1-7(10(12)13)6(8)3-9(15)16/h1-2,10H,3H2,(H,15,16). The minimum Gasteiger partial charge on any atom is -0.481 e. The quantitative estimate of drug-likeness (QED) is 0.931. The van der Waals surface area contributed by atoms with Gasteiger partial charge in [-0.1, -0.05) is 15.9 Å². The summed E-state index contributed by atoms with van der Waals surface area (Å²) in [7, 11) is 0. The van der Waals surface area contributed by atoms with E-state index >= 15 is 0 Å². The first kappa shape index (κ1) is 12.6. The van der Waals surface area contributed by atoms with E-state index in [0.29, 0.717) is 0 Å². The summed E-state index contributed by atoms with van der Waals surface area (Å²) in [4.78, 5) is 10.5. The minimum atomic E-state index is -2.81. The maximum Gasteiger partial charge on any atom is 0.307 e. The molecule has 0 amide bonds. The molecule has 0 heterocycles. The number of alkyl halides is 2. The van der Waals surface area contributed by atoms with Crippen molar-refractivity contribution in [1.29, 1.82) is 5.26 Å². The number of carboxylic acid groups (broad SMARTS) is 1. The van der Waals surface area contributed by atoms with Crippen LogP contribution in [-0.4, -0.2) is 11.1 Å². The highest BCUT2D eigenvalue weighted by Crippen LogP contribution is 2.30. The first-order valence-corrected chi connectivity index (χ1v) is 4.97. The molecule has 16 heavy (non-hydrogen) atoms. The van der Waals surface area contributed by atoms with Crippen LogP contribution in [0.4, 0.5) is 8.78 Å². The highest BCUT2D eigenvalue weighted by molar-refractivity contribution is 9.10. The Kier molecular flexibility index (Phi) is 3.96. The van der Waals surface area contributed by atoms with E-state index < -0.39 is 24.4 Å². The van der Waals surface area contributed by atoms with Crippen molar-refractivity contribution in [3.63, 3.8) is 0 Å². The molecule has 0 aliphatic carbocycles. The Labute approximate surface area is 98.4 Å². The number of hydrogen-bond acceptors (Lipinski definition) is 2. The highest BCUT2D eigenvalue weighted by Gasteiger charge is 2.19. The molecule has 1 N–H and O–H groups in total. The number of carboxylic acids is 1. The summed E-state index contributed by atoms with van der Waals surface area (Å²) in [6.07, 6.45) is -3.31. The number of nitriles is 1. The largest absolute Gasteiger partial charge is 0.481 e. The maximum atomic E-state index is 12.7. The van der Waals surface area contributed by atoms with E-state index in [-0.39, 0.29) is 15.6 Å². The molecule has 0 spiro atoms. The zero-order chi connectivity index (χ0) is 12.3. The van der Waals surface area contributed by atoms with Gasteiger partial charge in [-0.15, -0.1) is 0 Å². The molecule has 84 valence electrons. The molecule has 3 nitrogen and oxygen atoms in total. The van der Waals surface area contributed by atoms with Gasteiger partial charge in [0.05, 0.1) is 18.1 Å². The molecule has 0 atom stereocenters. The number of hydrogen-bond donors (Lipinski definition) is 1. The van der Waals surface area contributed by atoms with Gasteiger partial charge in [-0.25, -0.2) is 8.78 Å². The molecule has 6 heteroatoms. The summed E-state index contributed by atoms with van der Waals surface area (Å²) in [6, 6.07) is 4.06. The number of nitrogens with zero attached hydrogens (tertiary/aromatic N) is 1. The summed E-state index contributed by atoms with van der Waals surface area (Å²) < 4.78 is 25.5. The Morgan fingerprint density at radius 1 is 1.56 bits per heavy atom. The van der Waals surface area contributed by atoms with Gasteiger partial charge in [0.1, 0.15) is 0 Å². The van der Waals surface area contributed by atoms with E-state index in [9.17, 15) is 13.6 Å². The van der Waals surface area contributed by atoms with Gasteiger partial charge in [-0.2, -0.15) is 5.26 Å². The monoisotopic (exact) mass is 289 g/mol. The van der Waals surface area contributed by atoms with E-state index in [2.05, 4.69) is 15.9 Å². The molecular weight excluding hydrogens is 284 g/mol. The molecule has 0 aliphatic rings. The normalized spacial score (nSPS) is 10.2. The second-order valence-corrected chi connectivity index (χ2v) is 3.86. The van der Waals surface area contributed by atoms with E-state index in [1.807, 2.05) is 0 Å². The van der Waals surface area contributed by atoms with Crippen LogP contribution in [0.25, 0.3) is 0 Å². The van der Waals surface area contributed by atoms with Gasteiger partial charge in [0.15, 0.2) is 0 Å². The maximum absolute atomic E-state index is 12.7. The predicted molar refractivity (Wildman–Crippen MR) is 55.2 cm³/mol. The van der Waals surface area contributed by atoms with Crippen LogP contribution < -0.4 is 0 Å². The van der Waals surface area contributed by atoms with Crippen LogP contribution in [0.1, 0.15) is 23.1 Å². The molecule has 0 fully saturated rings. The van der Waals surface area contributed by atoms with Gasteiger partial charge in [0.2, 0.25) is 0 Å². The summed E-state index contributed by atoms with van der Waals surface area (Å²) in [5, 5.41) is 17.2. The van der Waals surface area contributed by atoms with Crippen LogP contribution in [0.2, 0.25) is 0 Å². The van der Waals surface area contributed by atoms with Gasteiger partial charge in [0, 0.05) is 10.0 Å². The lowest BCUT2D eigenvalue weighted by molar-refractivity contribution is -0.136. The smallest absolute Gasteiger partial charge is 0.307 e. The third kappa shape index (κ3) is 2.76.